The van der Waals surface area contributed by atoms with Crippen LogP contribution >= 0.6 is 11.6 Å². The molecule has 0 aliphatic carbocycles. The Hall–Kier alpha value is -0.590. The molecule has 0 unspecified atom stereocenters. The quantitative estimate of drug-likeness (QED) is 0.403. The fourth-order valence-electron chi connectivity index (χ4n) is 0.713. The molecule has 0 aromatic heterocycles. The van der Waals surface area contributed by atoms with E-state index < -0.39 is 16.0 Å². The summed E-state index contributed by atoms with van der Waals surface area (Å²) in [5.41, 5.74) is 0. The average Bonchev–Trinajstić information content (AvgIpc) is 2.21. The van der Waals surface area contributed by atoms with Crippen molar-refractivity contribution in [3.8, 4) is 0 Å². The number of halogens is 1. The molecule has 0 aliphatic rings. The van der Waals surface area contributed by atoms with E-state index in [0.29, 0.717) is 5.88 Å². The summed E-state index contributed by atoms with van der Waals surface area (Å²) in [7, 11) is -2.20. The minimum Gasteiger partial charge on any atom is -0.469 e. The number of ether oxygens (including phenoxy) is 1. The molecule has 0 saturated carbocycles. The van der Waals surface area contributed by atoms with E-state index in [0.717, 1.165) is 0 Å². The molecule has 0 heterocycles. The summed E-state index contributed by atoms with van der Waals surface area (Å²) < 4.78 is 29.1. The van der Waals surface area contributed by atoms with Crippen LogP contribution in [0.2, 0.25) is 0 Å². The number of carbonyl (C=O) groups is 1. The van der Waals surface area contributed by atoms with Gasteiger partial charge in [-0.3, -0.25) is 4.79 Å². The van der Waals surface area contributed by atoms with Gasteiger partial charge in [0.2, 0.25) is 10.0 Å². The standard InChI is InChI=1S/C8H14ClNO4S/c1-14-8(11)4-7-15(12,13)10-6-3-2-5-9/h2-3,10H,4-7H2,1H3/b3-2+. The van der Waals surface area contributed by atoms with Crippen molar-refractivity contribution in [3.05, 3.63) is 12.2 Å². The maximum absolute atomic E-state index is 11.2. The number of esters is 1. The van der Waals surface area contributed by atoms with Crippen LogP contribution in [0.5, 0.6) is 0 Å². The van der Waals surface area contributed by atoms with Gasteiger partial charge in [0.05, 0.1) is 19.3 Å². The first-order valence-corrected chi connectivity index (χ1v) is 6.45. The van der Waals surface area contributed by atoms with Crippen LogP contribution in [0.1, 0.15) is 6.42 Å². The third kappa shape index (κ3) is 8.41. The topological polar surface area (TPSA) is 72.5 Å². The molecule has 0 radical (unpaired) electrons. The van der Waals surface area contributed by atoms with Gasteiger partial charge in [-0.05, 0) is 0 Å². The molecule has 0 saturated heterocycles. The van der Waals surface area contributed by atoms with Crippen molar-refractivity contribution in [2.24, 2.45) is 0 Å². The zero-order valence-electron chi connectivity index (χ0n) is 8.40. The normalized spacial score (nSPS) is 11.9. The second-order valence-electron chi connectivity index (χ2n) is 2.62. The molecule has 0 aliphatic heterocycles. The molecular formula is C8H14ClNO4S. The first-order valence-electron chi connectivity index (χ1n) is 4.27. The predicted molar refractivity (Wildman–Crippen MR) is 58.3 cm³/mol. The fourth-order valence-corrected chi connectivity index (χ4v) is 1.77. The number of hydrogen-bond acceptors (Lipinski definition) is 4. The first kappa shape index (κ1) is 14.4. The van der Waals surface area contributed by atoms with Gasteiger partial charge in [-0.25, -0.2) is 13.1 Å². The molecule has 0 atom stereocenters. The van der Waals surface area contributed by atoms with E-state index in [-0.39, 0.29) is 18.7 Å². The Kier molecular flexibility index (Phi) is 7.37. The number of rotatable bonds is 7. The van der Waals surface area contributed by atoms with Crippen LogP contribution in [-0.4, -0.2) is 39.7 Å². The lowest BCUT2D eigenvalue weighted by Crippen LogP contribution is -2.27. The third-order valence-electron chi connectivity index (χ3n) is 1.48. The van der Waals surface area contributed by atoms with Crippen LogP contribution in [0.3, 0.4) is 0 Å². The molecule has 5 nitrogen and oxygen atoms in total. The summed E-state index contributed by atoms with van der Waals surface area (Å²) in [6.07, 6.45) is 3.08. The first-order chi connectivity index (χ1) is 7.02. The summed E-state index contributed by atoms with van der Waals surface area (Å²) in [6.45, 7) is 0.177. The molecule has 88 valence electrons. The van der Waals surface area contributed by atoms with Gasteiger partial charge in [0, 0.05) is 12.4 Å². The number of alkyl halides is 1. The molecule has 15 heavy (non-hydrogen) atoms. The third-order valence-corrected chi connectivity index (χ3v) is 3.01. The van der Waals surface area contributed by atoms with Gasteiger partial charge in [0.1, 0.15) is 0 Å². The lowest BCUT2D eigenvalue weighted by molar-refractivity contribution is -0.140. The van der Waals surface area contributed by atoms with E-state index >= 15 is 0 Å². The van der Waals surface area contributed by atoms with Crippen LogP contribution in [0.25, 0.3) is 0 Å². The highest BCUT2D eigenvalue weighted by molar-refractivity contribution is 7.89. The van der Waals surface area contributed by atoms with E-state index in [9.17, 15) is 13.2 Å². The van der Waals surface area contributed by atoms with Crippen molar-refractivity contribution >= 4 is 27.6 Å². The molecule has 0 rings (SSSR count). The SMILES string of the molecule is COC(=O)CCS(=O)(=O)NC/C=C/CCl. The summed E-state index contributed by atoms with van der Waals surface area (Å²) in [4.78, 5) is 10.7. The van der Waals surface area contributed by atoms with Crippen molar-refractivity contribution in [2.75, 3.05) is 25.3 Å². The molecule has 7 heteroatoms. The van der Waals surface area contributed by atoms with Gasteiger partial charge in [-0.2, -0.15) is 0 Å². The van der Waals surface area contributed by atoms with Crippen molar-refractivity contribution in [2.45, 2.75) is 6.42 Å². The van der Waals surface area contributed by atoms with Gasteiger partial charge >= 0.3 is 5.97 Å². The van der Waals surface area contributed by atoms with E-state index in [1.54, 1.807) is 12.2 Å². The van der Waals surface area contributed by atoms with Crippen molar-refractivity contribution in [1.82, 2.24) is 4.72 Å². The minimum atomic E-state index is -3.41. The Balaban J connectivity index is 3.87. The van der Waals surface area contributed by atoms with Crippen LogP contribution in [0.4, 0.5) is 0 Å². The van der Waals surface area contributed by atoms with Gasteiger partial charge in [-0.1, -0.05) is 12.2 Å². The maximum Gasteiger partial charge on any atom is 0.306 e. The van der Waals surface area contributed by atoms with Crippen molar-refractivity contribution in [1.29, 1.82) is 0 Å². The zero-order valence-corrected chi connectivity index (χ0v) is 9.97. The average molecular weight is 256 g/mol. The molecule has 0 aromatic carbocycles. The second-order valence-corrected chi connectivity index (χ2v) is 4.85. The zero-order chi connectivity index (χ0) is 11.7. The van der Waals surface area contributed by atoms with Crippen LogP contribution in [0, 0.1) is 0 Å². The van der Waals surface area contributed by atoms with E-state index in [1.807, 2.05) is 0 Å². The minimum absolute atomic E-state index is 0.148. The molecule has 1 N–H and O–H groups in total. The smallest absolute Gasteiger partial charge is 0.306 e. The van der Waals surface area contributed by atoms with Crippen LogP contribution in [0.15, 0.2) is 12.2 Å². The number of hydrogen-bond donors (Lipinski definition) is 1. The summed E-state index contributed by atoms with van der Waals surface area (Å²) in [6, 6.07) is 0. The Bertz CT molecular complexity index is 313. The lowest BCUT2D eigenvalue weighted by atomic mass is 10.5. The summed E-state index contributed by atoms with van der Waals surface area (Å²) in [5.74, 6) is -0.477. The fraction of sp³-hybridized carbons (Fsp3) is 0.625. The summed E-state index contributed by atoms with van der Waals surface area (Å²) >= 11 is 5.35. The largest absolute Gasteiger partial charge is 0.469 e. The molecule has 0 fully saturated rings. The molecule has 0 spiro atoms. The number of allylic oxidation sites excluding steroid dienone is 1. The lowest BCUT2D eigenvalue weighted by Gasteiger charge is -2.03. The van der Waals surface area contributed by atoms with Gasteiger partial charge < -0.3 is 4.74 Å². The molecule has 0 aromatic rings. The second kappa shape index (κ2) is 7.67. The van der Waals surface area contributed by atoms with E-state index in [1.165, 1.54) is 7.11 Å². The summed E-state index contributed by atoms with van der Waals surface area (Å²) in [5, 5.41) is 0. The van der Waals surface area contributed by atoms with Crippen LogP contribution in [-0.2, 0) is 19.6 Å². The van der Waals surface area contributed by atoms with E-state index in [4.69, 9.17) is 11.6 Å². The molecule has 0 bridgehead atoms. The molecular weight excluding hydrogens is 242 g/mol. The number of methoxy groups -OCH3 is 1. The highest BCUT2D eigenvalue weighted by Crippen LogP contribution is 1.91. The Morgan fingerprint density at radius 1 is 1.47 bits per heavy atom. The predicted octanol–water partition coefficient (Wildman–Crippen LogP) is 0.264. The van der Waals surface area contributed by atoms with Gasteiger partial charge in [0.15, 0.2) is 0 Å². The monoisotopic (exact) mass is 255 g/mol. The van der Waals surface area contributed by atoms with E-state index in [2.05, 4.69) is 9.46 Å². The van der Waals surface area contributed by atoms with Gasteiger partial charge in [0.25, 0.3) is 0 Å². The van der Waals surface area contributed by atoms with Crippen LogP contribution < -0.4 is 4.72 Å². The Morgan fingerprint density at radius 2 is 2.13 bits per heavy atom. The Labute approximate surface area is 94.5 Å². The van der Waals surface area contributed by atoms with Gasteiger partial charge in [-0.15, -0.1) is 11.6 Å². The number of nitrogens with one attached hydrogen (secondary N) is 1. The maximum atomic E-state index is 11.2. The number of sulfonamides is 1. The van der Waals surface area contributed by atoms with Crippen molar-refractivity contribution in [3.63, 3.8) is 0 Å². The highest BCUT2D eigenvalue weighted by atomic mass is 35.5. The number of carbonyl (C=O) groups excluding carboxylic acids is 1. The van der Waals surface area contributed by atoms with Crippen molar-refractivity contribution < 1.29 is 17.9 Å². The Morgan fingerprint density at radius 3 is 2.67 bits per heavy atom. The highest BCUT2D eigenvalue weighted by Gasteiger charge is 2.11. The molecule has 0 amide bonds.